The molecule has 0 unspecified atom stereocenters. The van der Waals surface area contributed by atoms with Crippen LogP contribution in [0.15, 0.2) is 35.3 Å². The van der Waals surface area contributed by atoms with Gasteiger partial charge in [-0.15, -0.1) is 0 Å². The van der Waals surface area contributed by atoms with Crippen molar-refractivity contribution >= 4 is 27.9 Å². The molecule has 2 N–H and O–H groups in total. The van der Waals surface area contributed by atoms with E-state index in [2.05, 4.69) is 27.8 Å². The summed E-state index contributed by atoms with van der Waals surface area (Å²) < 4.78 is 5.62. The average Bonchev–Trinajstić information content (AvgIpc) is 2.34. The highest BCUT2D eigenvalue weighted by molar-refractivity contribution is 9.11. The van der Waals surface area contributed by atoms with Crippen LogP contribution in [0.2, 0.25) is 0 Å². The summed E-state index contributed by atoms with van der Waals surface area (Å²) in [5, 5.41) is 12.2. The number of phenolic OH excluding ortho intramolecular Hbond substituents is 1. The van der Waals surface area contributed by atoms with E-state index in [1.807, 2.05) is 0 Å². The van der Waals surface area contributed by atoms with Gasteiger partial charge in [-0.05, 0) is 23.8 Å². The highest BCUT2D eigenvalue weighted by Gasteiger charge is 2.01. The van der Waals surface area contributed by atoms with Crippen LogP contribution in [0.25, 0.3) is 6.08 Å². The number of phenols is 1. The van der Waals surface area contributed by atoms with Gasteiger partial charge in [0.05, 0.1) is 7.11 Å². The number of nitrogens with one attached hydrogen (secondary N) is 1. The zero-order valence-electron chi connectivity index (χ0n) is 9.94. The number of hydrogen-bond acceptors (Lipinski definition) is 3. The molecule has 0 aromatic heterocycles. The van der Waals surface area contributed by atoms with E-state index in [0.717, 1.165) is 0 Å². The standard InChI is InChI=1S/C13H14BrNO3/c1-9(14)8-15-13(17)6-4-10-3-5-12(18-2)11(16)7-10/h3-7,16H,1,8H2,2H3,(H,15,17). The third kappa shape index (κ3) is 4.63. The first kappa shape index (κ1) is 14.3. The summed E-state index contributed by atoms with van der Waals surface area (Å²) in [7, 11) is 1.48. The first-order valence-electron chi connectivity index (χ1n) is 5.19. The van der Waals surface area contributed by atoms with Crippen molar-refractivity contribution < 1.29 is 14.6 Å². The molecule has 0 aliphatic rings. The van der Waals surface area contributed by atoms with Crippen molar-refractivity contribution in [2.24, 2.45) is 0 Å². The number of ether oxygens (including phenoxy) is 1. The summed E-state index contributed by atoms with van der Waals surface area (Å²) in [5.41, 5.74) is 0.709. The van der Waals surface area contributed by atoms with Gasteiger partial charge in [0.1, 0.15) is 0 Å². The number of benzene rings is 1. The third-order valence-electron chi connectivity index (χ3n) is 2.08. The van der Waals surface area contributed by atoms with Gasteiger partial charge in [-0.1, -0.05) is 28.6 Å². The van der Waals surface area contributed by atoms with Crippen molar-refractivity contribution in [3.8, 4) is 11.5 Å². The smallest absolute Gasteiger partial charge is 0.244 e. The fourth-order valence-electron chi connectivity index (χ4n) is 1.22. The molecule has 96 valence electrons. The van der Waals surface area contributed by atoms with Gasteiger partial charge in [-0.25, -0.2) is 0 Å². The Morgan fingerprint density at radius 3 is 2.89 bits per heavy atom. The zero-order valence-corrected chi connectivity index (χ0v) is 11.5. The second-order valence-corrected chi connectivity index (χ2v) is 4.62. The lowest BCUT2D eigenvalue weighted by molar-refractivity contribution is -0.116. The summed E-state index contributed by atoms with van der Waals surface area (Å²) in [5.74, 6) is 0.201. The largest absolute Gasteiger partial charge is 0.504 e. The Morgan fingerprint density at radius 1 is 1.61 bits per heavy atom. The predicted molar refractivity (Wildman–Crippen MR) is 74.8 cm³/mol. The van der Waals surface area contributed by atoms with E-state index in [9.17, 15) is 9.90 Å². The summed E-state index contributed by atoms with van der Waals surface area (Å²) in [4.78, 5) is 11.4. The molecule has 1 rings (SSSR count). The molecule has 0 saturated carbocycles. The SMILES string of the molecule is C=C(Br)CNC(=O)C=Cc1ccc(OC)c(O)c1. The Balaban J connectivity index is 2.64. The lowest BCUT2D eigenvalue weighted by Gasteiger charge is -2.03. The molecule has 5 heteroatoms. The summed E-state index contributed by atoms with van der Waals surface area (Å²) in [6.07, 6.45) is 2.99. The molecule has 1 amide bonds. The highest BCUT2D eigenvalue weighted by Crippen LogP contribution is 2.26. The molecule has 1 aromatic rings. The topological polar surface area (TPSA) is 58.6 Å². The van der Waals surface area contributed by atoms with E-state index in [-0.39, 0.29) is 11.7 Å². The minimum absolute atomic E-state index is 0.0360. The van der Waals surface area contributed by atoms with Crippen LogP contribution < -0.4 is 10.1 Å². The van der Waals surface area contributed by atoms with Crippen LogP contribution in [0, 0.1) is 0 Å². The van der Waals surface area contributed by atoms with Crippen molar-refractivity contribution in [2.45, 2.75) is 0 Å². The molecule has 0 bridgehead atoms. The minimum Gasteiger partial charge on any atom is -0.504 e. The Morgan fingerprint density at radius 2 is 2.33 bits per heavy atom. The van der Waals surface area contributed by atoms with E-state index in [1.165, 1.54) is 19.3 Å². The zero-order chi connectivity index (χ0) is 13.5. The summed E-state index contributed by atoms with van der Waals surface area (Å²) >= 11 is 3.14. The maximum Gasteiger partial charge on any atom is 0.244 e. The Kier molecular flexibility index (Phi) is 5.45. The lowest BCUT2D eigenvalue weighted by Crippen LogP contribution is -2.21. The first-order valence-corrected chi connectivity index (χ1v) is 5.98. The van der Waals surface area contributed by atoms with Crippen LogP contribution in [-0.2, 0) is 4.79 Å². The van der Waals surface area contributed by atoms with E-state index in [1.54, 1.807) is 18.2 Å². The Labute approximate surface area is 114 Å². The molecule has 4 nitrogen and oxygen atoms in total. The second-order valence-electron chi connectivity index (χ2n) is 3.50. The molecule has 0 fully saturated rings. The van der Waals surface area contributed by atoms with Gasteiger partial charge in [0.15, 0.2) is 11.5 Å². The van der Waals surface area contributed by atoms with Gasteiger partial charge in [0, 0.05) is 17.1 Å². The first-order chi connectivity index (χ1) is 8.52. The summed E-state index contributed by atoms with van der Waals surface area (Å²) in [6.45, 7) is 3.98. The van der Waals surface area contributed by atoms with Crippen LogP contribution in [0.3, 0.4) is 0 Å². The van der Waals surface area contributed by atoms with Gasteiger partial charge in [0.25, 0.3) is 0 Å². The second kappa shape index (κ2) is 6.86. The number of rotatable bonds is 5. The number of aromatic hydroxyl groups is 1. The van der Waals surface area contributed by atoms with Gasteiger partial charge in [0.2, 0.25) is 5.91 Å². The molecule has 0 radical (unpaired) electrons. The van der Waals surface area contributed by atoms with E-state index in [0.29, 0.717) is 22.3 Å². The average molecular weight is 312 g/mol. The molecule has 0 heterocycles. The molecule has 0 saturated heterocycles. The van der Waals surface area contributed by atoms with Crippen LogP contribution in [0.1, 0.15) is 5.56 Å². The van der Waals surface area contributed by atoms with Gasteiger partial charge in [-0.3, -0.25) is 4.79 Å². The quantitative estimate of drug-likeness (QED) is 0.821. The van der Waals surface area contributed by atoms with Gasteiger partial charge >= 0.3 is 0 Å². The number of carbonyl (C=O) groups excluding carboxylic acids is 1. The van der Waals surface area contributed by atoms with Crippen LogP contribution in [-0.4, -0.2) is 24.7 Å². The fourth-order valence-corrected chi connectivity index (χ4v) is 1.36. The Hall–Kier alpha value is -1.75. The van der Waals surface area contributed by atoms with Crippen molar-refractivity contribution in [1.82, 2.24) is 5.32 Å². The molecular formula is C13H14BrNO3. The maximum atomic E-state index is 11.4. The van der Waals surface area contributed by atoms with Crippen molar-refractivity contribution in [3.63, 3.8) is 0 Å². The minimum atomic E-state index is -0.231. The monoisotopic (exact) mass is 311 g/mol. The van der Waals surface area contributed by atoms with Gasteiger partial charge < -0.3 is 15.2 Å². The molecule has 0 aliphatic carbocycles. The highest BCUT2D eigenvalue weighted by atomic mass is 79.9. The number of hydrogen-bond donors (Lipinski definition) is 2. The maximum absolute atomic E-state index is 11.4. The Bertz CT molecular complexity index is 483. The van der Waals surface area contributed by atoms with Crippen molar-refractivity contribution in [3.05, 3.63) is 40.9 Å². The fraction of sp³-hybridized carbons (Fsp3) is 0.154. The van der Waals surface area contributed by atoms with E-state index < -0.39 is 0 Å². The number of methoxy groups -OCH3 is 1. The number of halogens is 1. The molecule has 0 spiro atoms. The molecule has 18 heavy (non-hydrogen) atoms. The third-order valence-corrected chi connectivity index (χ3v) is 2.36. The number of amides is 1. The van der Waals surface area contributed by atoms with Crippen LogP contribution >= 0.6 is 15.9 Å². The summed E-state index contributed by atoms with van der Waals surface area (Å²) in [6, 6.07) is 4.89. The molecule has 0 atom stereocenters. The molecular weight excluding hydrogens is 298 g/mol. The number of carbonyl (C=O) groups is 1. The predicted octanol–water partition coefficient (Wildman–Crippen LogP) is 2.44. The lowest BCUT2D eigenvalue weighted by atomic mass is 10.2. The molecule has 0 aliphatic heterocycles. The normalized spacial score (nSPS) is 10.3. The van der Waals surface area contributed by atoms with Crippen molar-refractivity contribution in [2.75, 3.05) is 13.7 Å². The molecule has 1 aromatic carbocycles. The van der Waals surface area contributed by atoms with Crippen LogP contribution in [0.5, 0.6) is 11.5 Å². The van der Waals surface area contributed by atoms with Crippen LogP contribution in [0.4, 0.5) is 0 Å². The van der Waals surface area contributed by atoms with E-state index in [4.69, 9.17) is 4.74 Å². The van der Waals surface area contributed by atoms with E-state index >= 15 is 0 Å². The van der Waals surface area contributed by atoms with Gasteiger partial charge in [-0.2, -0.15) is 0 Å². The van der Waals surface area contributed by atoms with Crippen molar-refractivity contribution in [1.29, 1.82) is 0 Å².